The number of carboxylic acid groups (broad SMARTS) is 2. The smallest absolute Gasteiger partial charge is 0.323 e. The summed E-state index contributed by atoms with van der Waals surface area (Å²) in [6.07, 6.45) is 0.796. The topological polar surface area (TPSA) is 129 Å². The predicted molar refractivity (Wildman–Crippen MR) is 51.6 cm³/mol. The molecule has 0 aromatic carbocycles. The SMILES string of the molecule is CS(=O)(=O)CC(=O)N(CC(=O)O)CC(=O)O. The largest absolute Gasteiger partial charge is 0.480 e. The number of nitrogens with zero attached hydrogens (tertiary/aromatic N) is 1. The lowest BCUT2D eigenvalue weighted by Gasteiger charge is -2.17. The number of amides is 1. The number of aliphatic carboxylic acids is 2. The van der Waals surface area contributed by atoms with Crippen molar-refractivity contribution in [3.8, 4) is 0 Å². The van der Waals surface area contributed by atoms with E-state index in [0.717, 1.165) is 6.26 Å². The van der Waals surface area contributed by atoms with E-state index in [1.54, 1.807) is 0 Å². The Kier molecular flexibility index (Phi) is 4.89. The van der Waals surface area contributed by atoms with Crippen LogP contribution in [0.25, 0.3) is 0 Å². The highest BCUT2D eigenvalue weighted by Gasteiger charge is 2.22. The van der Waals surface area contributed by atoms with Crippen LogP contribution in [0.5, 0.6) is 0 Å². The van der Waals surface area contributed by atoms with Crippen molar-refractivity contribution in [2.45, 2.75) is 0 Å². The fourth-order valence-corrected chi connectivity index (χ4v) is 1.51. The normalized spacial score (nSPS) is 10.8. The number of carbonyl (C=O) groups excluding carboxylic acids is 1. The van der Waals surface area contributed by atoms with Gasteiger partial charge in [0.25, 0.3) is 0 Å². The molecule has 0 bridgehead atoms. The molecule has 0 aliphatic heterocycles. The third-order valence-corrected chi connectivity index (χ3v) is 2.16. The Balaban J connectivity index is 4.68. The van der Waals surface area contributed by atoms with Crippen molar-refractivity contribution in [2.75, 3.05) is 25.1 Å². The van der Waals surface area contributed by atoms with Crippen molar-refractivity contribution in [3.05, 3.63) is 0 Å². The fourth-order valence-electron chi connectivity index (χ4n) is 0.874. The molecule has 0 aromatic rings. The van der Waals surface area contributed by atoms with E-state index in [1.807, 2.05) is 0 Å². The predicted octanol–water partition coefficient (Wildman–Crippen LogP) is -1.97. The van der Waals surface area contributed by atoms with E-state index in [4.69, 9.17) is 10.2 Å². The third-order valence-electron chi connectivity index (χ3n) is 1.39. The molecule has 0 atom stereocenters. The Morgan fingerprint density at radius 3 is 1.69 bits per heavy atom. The molecule has 16 heavy (non-hydrogen) atoms. The van der Waals surface area contributed by atoms with Crippen LogP contribution >= 0.6 is 0 Å². The van der Waals surface area contributed by atoms with E-state index >= 15 is 0 Å². The van der Waals surface area contributed by atoms with Gasteiger partial charge in [0.2, 0.25) is 5.91 Å². The standard InChI is InChI=1S/C7H11NO7S/c1-16(14,15)4-5(9)8(2-6(10)11)3-7(12)13/h2-4H2,1H3,(H,10,11)(H,12,13). The molecule has 9 heteroatoms. The molecule has 0 heterocycles. The van der Waals surface area contributed by atoms with Crippen molar-refractivity contribution >= 4 is 27.7 Å². The molecular formula is C7H11NO7S. The monoisotopic (exact) mass is 253 g/mol. The molecule has 0 aliphatic rings. The Morgan fingerprint density at radius 2 is 1.44 bits per heavy atom. The highest BCUT2D eigenvalue weighted by Crippen LogP contribution is 1.94. The number of hydrogen-bond acceptors (Lipinski definition) is 5. The van der Waals surface area contributed by atoms with Crippen LogP contribution in [0.2, 0.25) is 0 Å². The molecule has 0 fully saturated rings. The summed E-state index contributed by atoms with van der Waals surface area (Å²) in [5.74, 6) is -4.79. The van der Waals surface area contributed by atoms with E-state index in [2.05, 4.69) is 0 Å². The number of sulfone groups is 1. The fraction of sp³-hybridized carbons (Fsp3) is 0.571. The van der Waals surface area contributed by atoms with Crippen LogP contribution in [0.1, 0.15) is 0 Å². The van der Waals surface area contributed by atoms with Gasteiger partial charge in [0, 0.05) is 6.26 Å². The summed E-state index contributed by atoms with van der Waals surface area (Å²) in [5, 5.41) is 16.8. The van der Waals surface area contributed by atoms with Gasteiger partial charge in [-0.1, -0.05) is 0 Å². The van der Waals surface area contributed by atoms with Gasteiger partial charge in [-0.15, -0.1) is 0 Å². The summed E-state index contributed by atoms with van der Waals surface area (Å²) < 4.78 is 21.6. The lowest BCUT2D eigenvalue weighted by atomic mass is 10.4. The lowest BCUT2D eigenvalue weighted by Crippen LogP contribution is -2.42. The second-order valence-corrected chi connectivity index (χ2v) is 5.25. The average molecular weight is 253 g/mol. The van der Waals surface area contributed by atoms with Gasteiger partial charge >= 0.3 is 11.9 Å². The zero-order valence-corrected chi connectivity index (χ0v) is 9.23. The van der Waals surface area contributed by atoms with Crippen molar-refractivity contribution in [2.24, 2.45) is 0 Å². The summed E-state index contributed by atoms with van der Waals surface area (Å²) in [4.78, 5) is 32.4. The Labute approximate surface area is 91.4 Å². The van der Waals surface area contributed by atoms with Gasteiger partial charge in [-0.3, -0.25) is 14.4 Å². The number of carboxylic acids is 2. The van der Waals surface area contributed by atoms with Crippen molar-refractivity contribution in [1.82, 2.24) is 4.90 Å². The molecule has 1 amide bonds. The maximum atomic E-state index is 11.2. The van der Waals surface area contributed by atoms with Crippen molar-refractivity contribution in [3.63, 3.8) is 0 Å². The highest BCUT2D eigenvalue weighted by atomic mass is 32.2. The second kappa shape index (κ2) is 5.45. The van der Waals surface area contributed by atoms with Crippen LogP contribution in [0.3, 0.4) is 0 Å². The molecule has 8 nitrogen and oxygen atoms in total. The quantitative estimate of drug-likeness (QED) is 0.561. The first-order valence-electron chi connectivity index (χ1n) is 4.01. The van der Waals surface area contributed by atoms with E-state index in [1.165, 1.54) is 0 Å². The van der Waals surface area contributed by atoms with Crippen LogP contribution in [-0.4, -0.2) is 66.5 Å². The zero-order valence-electron chi connectivity index (χ0n) is 8.41. The maximum Gasteiger partial charge on any atom is 0.323 e. The number of rotatable bonds is 6. The first-order valence-corrected chi connectivity index (χ1v) is 6.07. The molecule has 0 spiro atoms. The first kappa shape index (κ1) is 14.4. The van der Waals surface area contributed by atoms with Crippen molar-refractivity contribution in [1.29, 1.82) is 0 Å². The molecule has 0 rings (SSSR count). The van der Waals surface area contributed by atoms with Gasteiger partial charge in [-0.2, -0.15) is 0 Å². The van der Waals surface area contributed by atoms with Gasteiger partial charge < -0.3 is 15.1 Å². The zero-order chi connectivity index (χ0) is 12.9. The maximum absolute atomic E-state index is 11.2. The summed E-state index contributed by atoms with van der Waals surface area (Å²) in [5.41, 5.74) is 0. The first-order chi connectivity index (χ1) is 7.11. The molecule has 92 valence electrons. The molecule has 2 N–H and O–H groups in total. The summed E-state index contributed by atoms with van der Waals surface area (Å²) >= 11 is 0. The summed E-state index contributed by atoms with van der Waals surface area (Å²) in [6.45, 7) is -1.69. The third kappa shape index (κ3) is 6.76. The Hall–Kier alpha value is -1.64. The van der Waals surface area contributed by atoms with Crippen LogP contribution in [0.4, 0.5) is 0 Å². The Bertz CT molecular complexity index is 383. The van der Waals surface area contributed by atoms with Gasteiger partial charge in [0.05, 0.1) is 0 Å². The summed E-state index contributed by atoms with van der Waals surface area (Å²) in [6, 6.07) is 0. The van der Waals surface area contributed by atoms with E-state index in [-0.39, 0.29) is 0 Å². The van der Waals surface area contributed by atoms with E-state index < -0.39 is 46.5 Å². The Morgan fingerprint density at radius 1 is 1.06 bits per heavy atom. The summed E-state index contributed by atoms with van der Waals surface area (Å²) in [7, 11) is -3.62. The van der Waals surface area contributed by atoms with Gasteiger partial charge in [0.15, 0.2) is 9.84 Å². The number of carbonyl (C=O) groups is 3. The van der Waals surface area contributed by atoms with Crippen LogP contribution < -0.4 is 0 Å². The molecule has 0 aromatic heterocycles. The minimum atomic E-state index is -3.62. The lowest BCUT2D eigenvalue weighted by molar-refractivity contribution is -0.148. The molecule has 0 aliphatic carbocycles. The second-order valence-electron chi connectivity index (χ2n) is 3.11. The van der Waals surface area contributed by atoms with Gasteiger partial charge in [-0.25, -0.2) is 8.42 Å². The highest BCUT2D eigenvalue weighted by molar-refractivity contribution is 7.91. The molecule has 0 unspecified atom stereocenters. The van der Waals surface area contributed by atoms with E-state index in [0.29, 0.717) is 4.90 Å². The van der Waals surface area contributed by atoms with Crippen molar-refractivity contribution < 1.29 is 33.0 Å². The molecular weight excluding hydrogens is 242 g/mol. The van der Waals surface area contributed by atoms with Crippen LogP contribution in [-0.2, 0) is 24.2 Å². The minimum absolute atomic E-state index is 0.450. The molecule has 0 saturated heterocycles. The molecule has 0 radical (unpaired) electrons. The van der Waals surface area contributed by atoms with Gasteiger partial charge in [0.1, 0.15) is 18.8 Å². The minimum Gasteiger partial charge on any atom is -0.480 e. The van der Waals surface area contributed by atoms with Crippen LogP contribution in [0.15, 0.2) is 0 Å². The average Bonchev–Trinajstić information content (AvgIpc) is 1.97. The van der Waals surface area contributed by atoms with E-state index in [9.17, 15) is 22.8 Å². The van der Waals surface area contributed by atoms with Gasteiger partial charge in [-0.05, 0) is 0 Å². The van der Waals surface area contributed by atoms with Crippen LogP contribution in [0, 0.1) is 0 Å². The molecule has 0 saturated carbocycles. The number of hydrogen-bond donors (Lipinski definition) is 2.